The Labute approximate surface area is 128 Å². The van der Waals surface area contributed by atoms with Crippen LogP contribution < -0.4 is 19.3 Å². The molecule has 1 saturated heterocycles. The van der Waals surface area contributed by atoms with Crippen LogP contribution in [0.15, 0.2) is 24.3 Å². The molecule has 0 unspecified atom stereocenters. The number of hydrogen-bond donors (Lipinski definition) is 2. The Morgan fingerprint density at radius 3 is 2.14 bits per heavy atom. The fourth-order valence-electron chi connectivity index (χ4n) is 2.75. The van der Waals surface area contributed by atoms with Gasteiger partial charge in [0, 0.05) is 0 Å². The SMILES string of the molecule is CCOc1ccc(OCCCC[NH+]2CC[NH+](C)CC2)cc1. The maximum atomic E-state index is 5.78. The molecule has 1 aromatic rings. The van der Waals surface area contributed by atoms with E-state index >= 15 is 0 Å². The summed E-state index contributed by atoms with van der Waals surface area (Å²) >= 11 is 0. The molecule has 0 atom stereocenters. The molecule has 4 heteroatoms. The van der Waals surface area contributed by atoms with Crippen molar-refractivity contribution in [1.29, 1.82) is 0 Å². The Kier molecular flexibility index (Phi) is 6.83. The molecule has 0 bridgehead atoms. The molecule has 1 fully saturated rings. The molecule has 1 aromatic carbocycles. The van der Waals surface area contributed by atoms with Gasteiger partial charge in [0.05, 0.1) is 26.8 Å². The van der Waals surface area contributed by atoms with E-state index in [-0.39, 0.29) is 0 Å². The van der Waals surface area contributed by atoms with Gasteiger partial charge in [-0.25, -0.2) is 0 Å². The second-order valence-corrected chi connectivity index (χ2v) is 5.92. The summed E-state index contributed by atoms with van der Waals surface area (Å²) in [5.41, 5.74) is 0. The normalized spacial score (nSPS) is 22.0. The number of piperazine rings is 1. The van der Waals surface area contributed by atoms with Crippen LogP contribution in [-0.2, 0) is 0 Å². The number of benzene rings is 1. The molecule has 2 N–H and O–H groups in total. The summed E-state index contributed by atoms with van der Waals surface area (Å²) in [6, 6.07) is 7.91. The molecule has 1 heterocycles. The lowest BCUT2D eigenvalue weighted by Crippen LogP contribution is -3.27. The highest BCUT2D eigenvalue weighted by molar-refractivity contribution is 5.31. The fraction of sp³-hybridized carbons (Fsp3) is 0.647. The van der Waals surface area contributed by atoms with Crippen molar-refractivity contribution in [2.24, 2.45) is 0 Å². The summed E-state index contributed by atoms with van der Waals surface area (Å²) in [6.07, 6.45) is 2.39. The molecule has 0 saturated carbocycles. The smallest absolute Gasteiger partial charge is 0.127 e. The summed E-state index contributed by atoms with van der Waals surface area (Å²) in [5, 5.41) is 0. The van der Waals surface area contributed by atoms with Crippen molar-refractivity contribution in [3.05, 3.63) is 24.3 Å². The van der Waals surface area contributed by atoms with Gasteiger partial charge in [-0.1, -0.05) is 0 Å². The first-order chi connectivity index (χ1) is 10.3. The lowest BCUT2D eigenvalue weighted by molar-refractivity contribution is -1.00. The molecular weight excluding hydrogens is 264 g/mol. The average molecular weight is 294 g/mol. The lowest BCUT2D eigenvalue weighted by Gasteiger charge is -2.27. The molecule has 0 spiro atoms. The Bertz CT molecular complexity index is 386. The summed E-state index contributed by atoms with van der Waals surface area (Å²) in [4.78, 5) is 3.44. The zero-order chi connectivity index (χ0) is 14.9. The van der Waals surface area contributed by atoms with E-state index in [1.54, 1.807) is 9.80 Å². The van der Waals surface area contributed by atoms with Crippen molar-refractivity contribution < 1.29 is 19.3 Å². The van der Waals surface area contributed by atoms with Crippen LogP contribution in [0.4, 0.5) is 0 Å². The molecule has 0 amide bonds. The molecule has 1 aliphatic rings. The van der Waals surface area contributed by atoms with Crippen molar-refractivity contribution in [1.82, 2.24) is 0 Å². The van der Waals surface area contributed by atoms with Crippen LogP contribution in [0.2, 0.25) is 0 Å². The molecule has 21 heavy (non-hydrogen) atoms. The minimum Gasteiger partial charge on any atom is -0.494 e. The van der Waals surface area contributed by atoms with Crippen LogP contribution in [0.1, 0.15) is 19.8 Å². The van der Waals surface area contributed by atoms with Crippen molar-refractivity contribution in [3.8, 4) is 11.5 Å². The fourth-order valence-corrected chi connectivity index (χ4v) is 2.75. The van der Waals surface area contributed by atoms with E-state index in [0.717, 1.165) is 24.5 Å². The van der Waals surface area contributed by atoms with Crippen LogP contribution in [0, 0.1) is 0 Å². The summed E-state index contributed by atoms with van der Waals surface area (Å²) in [6.45, 7) is 10.1. The average Bonchev–Trinajstić information content (AvgIpc) is 2.51. The van der Waals surface area contributed by atoms with E-state index in [0.29, 0.717) is 6.61 Å². The molecule has 2 rings (SSSR count). The second kappa shape index (κ2) is 8.90. The third-order valence-corrected chi connectivity index (χ3v) is 4.14. The first-order valence-corrected chi connectivity index (χ1v) is 8.28. The number of unbranched alkanes of at least 4 members (excludes halogenated alkanes) is 1. The number of quaternary nitrogens is 2. The first kappa shape index (κ1) is 16.1. The minimum atomic E-state index is 0.705. The number of nitrogens with one attached hydrogen (secondary N) is 2. The highest BCUT2D eigenvalue weighted by Gasteiger charge is 2.18. The van der Waals surface area contributed by atoms with Gasteiger partial charge in [-0.15, -0.1) is 0 Å². The number of ether oxygens (including phenoxy) is 2. The number of likely N-dealkylation sites (N-methyl/N-ethyl adjacent to an activating group) is 1. The topological polar surface area (TPSA) is 27.3 Å². The third-order valence-electron chi connectivity index (χ3n) is 4.14. The summed E-state index contributed by atoms with van der Waals surface area (Å²) in [5.74, 6) is 1.85. The van der Waals surface area contributed by atoms with E-state index in [1.807, 2.05) is 31.2 Å². The highest BCUT2D eigenvalue weighted by atomic mass is 16.5. The monoisotopic (exact) mass is 294 g/mol. The Morgan fingerprint density at radius 1 is 0.905 bits per heavy atom. The van der Waals surface area contributed by atoms with E-state index in [9.17, 15) is 0 Å². The molecule has 0 aromatic heterocycles. The van der Waals surface area contributed by atoms with Gasteiger partial charge >= 0.3 is 0 Å². The summed E-state index contributed by atoms with van der Waals surface area (Å²) < 4.78 is 11.2. The van der Waals surface area contributed by atoms with Crippen molar-refractivity contribution in [2.75, 3.05) is 53.0 Å². The third kappa shape index (κ3) is 5.94. The van der Waals surface area contributed by atoms with E-state index in [4.69, 9.17) is 9.47 Å². The van der Waals surface area contributed by atoms with Gasteiger partial charge in [0.25, 0.3) is 0 Å². The Hall–Kier alpha value is -1.26. The van der Waals surface area contributed by atoms with Crippen LogP contribution in [-0.4, -0.2) is 53.0 Å². The van der Waals surface area contributed by atoms with E-state index < -0.39 is 0 Å². The molecule has 118 valence electrons. The zero-order valence-electron chi connectivity index (χ0n) is 13.5. The first-order valence-electron chi connectivity index (χ1n) is 8.28. The van der Waals surface area contributed by atoms with Crippen LogP contribution in [0.5, 0.6) is 11.5 Å². The van der Waals surface area contributed by atoms with Gasteiger partial charge in [-0.3, -0.25) is 0 Å². The number of rotatable bonds is 8. The van der Waals surface area contributed by atoms with Gasteiger partial charge in [-0.05, 0) is 44.0 Å². The molecule has 0 aliphatic carbocycles. The van der Waals surface area contributed by atoms with Crippen molar-refractivity contribution in [3.63, 3.8) is 0 Å². The largest absolute Gasteiger partial charge is 0.494 e. The quantitative estimate of drug-likeness (QED) is 0.642. The van der Waals surface area contributed by atoms with Gasteiger partial charge in [0.1, 0.15) is 37.7 Å². The maximum absolute atomic E-state index is 5.78. The zero-order valence-corrected chi connectivity index (χ0v) is 13.5. The van der Waals surface area contributed by atoms with Crippen molar-refractivity contribution >= 4 is 0 Å². The predicted molar refractivity (Wildman–Crippen MR) is 84.5 cm³/mol. The van der Waals surface area contributed by atoms with Crippen LogP contribution in [0.3, 0.4) is 0 Å². The van der Waals surface area contributed by atoms with E-state index in [2.05, 4.69) is 7.05 Å². The maximum Gasteiger partial charge on any atom is 0.127 e. The van der Waals surface area contributed by atoms with Gasteiger partial charge in [0.15, 0.2) is 0 Å². The van der Waals surface area contributed by atoms with Gasteiger partial charge in [-0.2, -0.15) is 0 Å². The summed E-state index contributed by atoms with van der Waals surface area (Å²) in [7, 11) is 2.29. The molecule has 1 aliphatic heterocycles. The molecule has 4 nitrogen and oxygen atoms in total. The van der Waals surface area contributed by atoms with Crippen LogP contribution in [0.25, 0.3) is 0 Å². The number of hydrogen-bond acceptors (Lipinski definition) is 2. The molecule has 0 radical (unpaired) electrons. The lowest BCUT2D eigenvalue weighted by atomic mass is 10.2. The highest BCUT2D eigenvalue weighted by Crippen LogP contribution is 2.17. The minimum absolute atomic E-state index is 0.705. The Morgan fingerprint density at radius 2 is 1.52 bits per heavy atom. The Balaban J connectivity index is 1.55. The standard InChI is InChI=1S/C17H28N2O2/c1-3-20-16-6-8-17(9-7-16)21-15-5-4-10-19-13-11-18(2)12-14-19/h6-9H,3-5,10-15H2,1-2H3/p+2. The van der Waals surface area contributed by atoms with Gasteiger partial charge < -0.3 is 19.3 Å². The van der Waals surface area contributed by atoms with Crippen LogP contribution >= 0.6 is 0 Å². The predicted octanol–water partition coefficient (Wildman–Crippen LogP) is -0.342. The molecular formula is C17H30N2O2+2. The van der Waals surface area contributed by atoms with Gasteiger partial charge in [0.2, 0.25) is 0 Å². The second-order valence-electron chi connectivity index (χ2n) is 5.92. The van der Waals surface area contributed by atoms with E-state index in [1.165, 1.54) is 39.1 Å². The van der Waals surface area contributed by atoms with Crippen molar-refractivity contribution in [2.45, 2.75) is 19.8 Å².